The van der Waals surface area contributed by atoms with Crippen LogP contribution in [0.15, 0.2) is 255 Å². The largest absolute Gasteiger partial charge is 0.457 e. The van der Waals surface area contributed by atoms with Gasteiger partial charge in [0.15, 0.2) is 0 Å². The highest BCUT2D eigenvalue weighted by molar-refractivity contribution is 6.09. The van der Waals surface area contributed by atoms with Gasteiger partial charge in [-0.2, -0.15) is 0 Å². The van der Waals surface area contributed by atoms with Crippen LogP contribution < -0.4 is 19.3 Å². The van der Waals surface area contributed by atoms with Crippen molar-refractivity contribution in [1.82, 2.24) is 9.55 Å². The molecule has 0 unspecified atom stereocenters. The zero-order valence-electron chi connectivity index (χ0n) is 56.6. The molecule has 3 aliphatic rings. The summed E-state index contributed by atoms with van der Waals surface area (Å²) in [7, 11) is 0. The summed E-state index contributed by atoms with van der Waals surface area (Å²) in [5, 5.41) is 2.02. The molecule has 450 valence electrons. The van der Waals surface area contributed by atoms with Gasteiger partial charge in [0.25, 0.3) is 0 Å². The van der Waals surface area contributed by atoms with Crippen molar-refractivity contribution in [3.8, 4) is 73.3 Å². The van der Waals surface area contributed by atoms with Gasteiger partial charge in [0.2, 0.25) is 0 Å². The Kier molecular flexibility index (Phi) is 12.2. The van der Waals surface area contributed by atoms with Gasteiger partial charge < -0.3 is 19.3 Å². The van der Waals surface area contributed by atoms with Crippen molar-refractivity contribution in [1.29, 1.82) is 0 Å². The zero-order chi connectivity index (χ0) is 65.5. The number of ether oxygens (including phenoxy) is 2. The van der Waals surface area contributed by atoms with E-state index < -0.39 is 12.3 Å². The monoisotopic (exact) mass is 1200 g/mol. The summed E-state index contributed by atoms with van der Waals surface area (Å²) in [5.41, 5.74) is 22.2. The van der Waals surface area contributed by atoms with Gasteiger partial charge >= 0.3 is 0 Å². The first-order chi connectivity index (χ1) is 45.6. The average molecular weight is 1200 g/mol. The van der Waals surface area contributed by atoms with Crippen molar-refractivity contribution in [3.05, 3.63) is 299 Å². The van der Waals surface area contributed by atoms with Crippen LogP contribution in [0.5, 0.6) is 23.0 Å². The van der Waals surface area contributed by atoms with Gasteiger partial charge in [-0.05, 0) is 151 Å². The van der Waals surface area contributed by atoms with Crippen LogP contribution in [0.2, 0.25) is 0 Å². The maximum Gasteiger partial charge on any atom is 0.137 e. The fourth-order valence-corrected chi connectivity index (χ4v) is 14.7. The van der Waals surface area contributed by atoms with Crippen molar-refractivity contribution >= 4 is 44.6 Å². The molecule has 6 heteroatoms. The molecule has 0 bridgehead atoms. The van der Waals surface area contributed by atoms with E-state index in [0.717, 1.165) is 89.4 Å². The number of aromatic nitrogens is 2. The van der Waals surface area contributed by atoms with Gasteiger partial charge in [0.05, 0.1) is 33.5 Å². The fraction of sp³-hybridized carbons (Fsp3) is 0.174. The summed E-state index contributed by atoms with van der Waals surface area (Å²) in [5.74, 6) is 3.54. The first-order valence-electron chi connectivity index (χ1n) is 33.6. The number of hydrogen-bond acceptors (Lipinski definition) is 5. The number of para-hydroxylation sites is 6. The predicted octanol–water partition coefficient (Wildman–Crippen LogP) is 22.9. The number of anilines is 4. The molecule has 16 rings (SSSR count). The van der Waals surface area contributed by atoms with Gasteiger partial charge in [-0.1, -0.05) is 232 Å². The van der Waals surface area contributed by atoms with E-state index in [-0.39, 0.29) is 21.8 Å². The van der Waals surface area contributed by atoms with E-state index in [2.05, 4.69) is 277 Å². The highest BCUT2D eigenvalue weighted by Crippen LogP contribution is 2.63. The standard InChI is InChI=1S/C86H74N4O2/c1-54-45-81(87-52-70(54)55-37-40-58(41-38-55)83(2,3)4)90-75-32-16-12-26-68(75)69-44-42-63(51-78(69)90)91-62-24-21-23-61(50-62)88-53-89(77-34-18-17-33-76(77)88)82-64(27-22-28-65(82)57-46-59(84(5,6)7)49-60(47-57)85(8,9)10)56-39-43-67-66-25-11-13-29-71(66)86(74(67)48-56)72-30-14-19-35-79(72)92-80-36-20-15-31-73(80)86/h11-52H,53H2,1-10H3/i1D3. The number of nitrogens with zero attached hydrogens (tertiary/aromatic N) is 4. The quantitative estimate of drug-likeness (QED) is 0.152. The third-order valence-electron chi connectivity index (χ3n) is 19.4. The normalized spacial score (nSPS) is 14.5. The Balaban J connectivity index is 0.815. The van der Waals surface area contributed by atoms with Crippen LogP contribution in [0.1, 0.15) is 111 Å². The molecular weight excluding hydrogens is 1120 g/mol. The molecule has 0 saturated carbocycles. The van der Waals surface area contributed by atoms with Gasteiger partial charge in [-0.15, -0.1) is 0 Å². The van der Waals surface area contributed by atoms with E-state index >= 15 is 0 Å². The molecule has 13 aromatic rings. The molecule has 6 nitrogen and oxygen atoms in total. The third kappa shape index (κ3) is 9.16. The SMILES string of the molecule is [2H]C([2H])([2H])c1cc(-n2c3ccccc3c3ccc(Oc4cccc(N5CN(c6c(-c7cc(C(C)(C)C)cc(C(C)(C)C)c7)cccc6-c6ccc7c(c6)C6(c8ccccc8Oc8ccccc86)c6ccccc6-7)c6ccccc65)c4)cc32)ncc1-c1ccc(C(C)(C)C)cc1. The molecule has 0 amide bonds. The van der Waals surface area contributed by atoms with Crippen LogP contribution in [0.4, 0.5) is 22.7 Å². The lowest BCUT2D eigenvalue weighted by molar-refractivity contribution is 0.436. The molecule has 2 aromatic heterocycles. The van der Waals surface area contributed by atoms with Crippen LogP contribution in [0.3, 0.4) is 0 Å². The Morgan fingerprint density at radius 1 is 0.424 bits per heavy atom. The molecule has 4 heterocycles. The summed E-state index contributed by atoms with van der Waals surface area (Å²) in [4.78, 5) is 9.97. The van der Waals surface area contributed by atoms with Crippen molar-refractivity contribution in [2.75, 3.05) is 16.5 Å². The topological polar surface area (TPSA) is 42.8 Å². The molecule has 2 aliphatic heterocycles. The van der Waals surface area contributed by atoms with E-state index in [4.69, 9.17) is 18.6 Å². The van der Waals surface area contributed by atoms with Gasteiger partial charge in [0.1, 0.15) is 35.5 Å². The van der Waals surface area contributed by atoms with Gasteiger partial charge in [0, 0.05) is 66.7 Å². The summed E-state index contributed by atoms with van der Waals surface area (Å²) in [6, 6.07) is 88.9. The molecule has 0 radical (unpaired) electrons. The lowest BCUT2D eigenvalue weighted by Crippen LogP contribution is -2.32. The van der Waals surface area contributed by atoms with Gasteiger partial charge in [-0.25, -0.2) is 4.98 Å². The van der Waals surface area contributed by atoms with Crippen LogP contribution in [0, 0.1) is 6.85 Å². The van der Waals surface area contributed by atoms with Crippen LogP contribution in [-0.2, 0) is 21.7 Å². The Labute approximate surface area is 544 Å². The summed E-state index contributed by atoms with van der Waals surface area (Å²) in [6.45, 7) is 18.5. The van der Waals surface area contributed by atoms with Crippen molar-refractivity contribution < 1.29 is 13.6 Å². The second-order valence-electron chi connectivity index (χ2n) is 28.2. The predicted molar refractivity (Wildman–Crippen MR) is 382 cm³/mol. The third-order valence-corrected chi connectivity index (χ3v) is 19.4. The first kappa shape index (κ1) is 53.4. The summed E-state index contributed by atoms with van der Waals surface area (Å²) < 4.78 is 42.2. The zero-order valence-corrected chi connectivity index (χ0v) is 53.6. The molecule has 1 spiro atoms. The summed E-state index contributed by atoms with van der Waals surface area (Å²) >= 11 is 0. The molecule has 0 atom stereocenters. The molecule has 11 aromatic carbocycles. The number of fused-ring (bicyclic) bond motifs is 13. The Bertz CT molecular complexity index is 5170. The number of rotatable bonds is 8. The van der Waals surface area contributed by atoms with E-state index in [1.165, 1.54) is 44.5 Å². The second kappa shape index (κ2) is 21.1. The Morgan fingerprint density at radius 3 is 1.71 bits per heavy atom. The second-order valence-corrected chi connectivity index (χ2v) is 28.2. The number of pyridine rings is 1. The highest BCUT2D eigenvalue weighted by atomic mass is 16.5. The van der Waals surface area contributed by atoms with Gasteiger partial charge in [-0.3, -0.25) is 4.57 Å². The molecule has 0 saturated heterocycles. The highest BCUT2D eigenvalue weighted by Gasteiger charge is 2.51. The van der Waals surface area contributed by atoms with Crippen LogP contribution >= 0.6 is 0 Å². The first-order valence-corrected chi connectivity index (χ1v) is 32.1. The lowest BCUT2D eigenvalue weighted by Gasteiger charge is -2.39. The van der Waals surface area contributed by atoms with E-state index in [1.807, 2.05) is 42.5 Å². The molecule has 1 aliphatic carbocycles. The maximum absolute atomic E-state index is 8.80. The van der Waals surface area contributed by atoms with E-state index in [0.29, 0.717) is 29.5 Å². The van der Waals surface area contributed by atoms with Crippen molar-refractivity contribution in [2.24, 2.45) is 0 Å². The number of benzene rings is 11. The van der Waals surface area contributed by atoms with Crippen LogP contribution in [-0.4, -0.2) is 16.2 Å². The smallest absolute Gasteiger partial charge is 0.137 e. The Hall–Kier alpha value is -10.4. The average Bonchev–Trinajstić information content (AvgIpc) is 1.55. The maximum atomic E-state index is 8.80. The number of hydrogen-bond donors (Lipinski definition) is 0. The van der Waals surface area contributed by atoms with E-state index in [9.17, 15) is 0 Å². The van der Waals surface area contributed by atoms with Crippen LogP contribution in [0.25, 0.3) is 72.1 Å². The Morgan fingerprint density at radius 2 is 1.00 bits per heavy atom. The fourth-order valence-electron chi connectivity index (χ4n) is 14.7. The van der Waals surface area contributed by atoms with Crippen molar-refractivity contribution in [3.63, 3.8) is 0 Å². The molecular formula is C86H74N4O2. The molecule has 0 N–H and O–H groups in total. The molecule has 92 heavy (non-hydrogen) atoms. The summed E-state index contributed by atoms with van der Waals surface area (Å²) in [6.07, 6.45) is 1.72. The molecule has 0 fully saturated rings. The minimum atomic E-state index is -2.41. The van der Waals surface area contributed by atoms with Crippen molar-refractivity contribution in [2.45, 2.75) is 90.8 Å². The van der Waals surface area contributed by atoms with E-state index in [1.54, 1.807) is 12.3 Å². The lowest BCUT2D eigenvalue weighted by atomic mass is 9.66. The number of aryl methyl sites for hydroxylation is 1. The minimum absolute atomic E-state index is 0.0473. The minimum Gasteiger partial charge on any atom is -0.457 e.